The maximum Gasteiger partial charge on any atom is 0.319 e. The lowest BCUT2D eigenvalue weighted by atomic mass is 9.95. The van der Waals surface area contributed by atoms with Gasteiger partial charge in [-0.3, -0.25) is 19.6 Å². The van der Waals surface area contributed by atoms with E-state index in [0.717, 1.165) is 39.0 Å². The molecule has 5 aliphatic rings. The van der Waals surface area contributed by atoms with Gasteiger partial charge < -0.3 is 19.3 Å². The van der Waals surface area contributed by atoms with Crippen molar-refractivity contribution in [2.45, 2.75) is 62.0 Å². The predicted octanol–water partition coefficient (Wildman–Crippen LogP) is 5.69. The maximum atomic E-state index is 17.0. The molecule has 15 heteroatoms. The SMILES string of the molecule is N#CC[C@H]1CN(c2nc(OC[C@@]34CCCN3C[C@H](F)C4)nc3c(F)c(-c4cccc5ccc(F)c(Cl)c45)ncc23)CCN1C(=O)/C=C/CN1C[C@@H]2C[C@H]1CO2. The normalized spacial score (nSPS) is 26.8. The summed E-state index contributed by atoms with van der Waals surface area (Å²) in [6, 6.07) is 10.0. The third kappa shape index (κ3) is 6.54. The number of carbonyl (C=O) groups is 1. The Morgan fingerprint density at radius 1 is 1.15 bits per heavy atom. The molecule has 5 saturated heterocycles. The van der Waals surface area contributed by atoms with Gasteiger partial charge in [0.1, 0.15) is 35.6 Å². The standard InChI is InChI=1S/C40H40ClF3N8O3/c41-34-31(43)8-7-24-4-1-5-29(33(24)34)36-35(44)37-30(18-46-36)38(48-39(47-37)55-23-40-10-3-13-51(40)19-25(42)17-40)50-14-15-52(26(20-50)9-11-45)32(53)6-2-12-49-21-28-16-27(49)22-54-28/h1-2,4-8,18,25-28H,3,9-10,12-17,19-23H2/b6-2+/t25-,26+,27+,28+,40+/m1/s1. The van der Waals surface area contributed by atoms with Crippen LogP contribution >= 0.6 is 11.6 Å². The second-order valence-corrected chi connectivity index (χ2v) is 15.7. The zero-order chi connectivity index (χ0) is 37.8. The van der Waals surface area contributed by atoms with Crippen molar-refractivity contribution in [1.29, 1.82) is 5.26 Å². The molecule has 11 nitrogen and oxygen atoms in total. The van der Waals surface area contributed by atoms with Crippen molar-refractivity contribution >= 4 is 45.0 Å². The number of anilines is 1. The van der Waals surface area contributed by atoms with E-state index in [1.165, 1.54) is 12.3 Å². The minimum absolute atomic E-state index is 0.0654. The summed E-state index contributed by atoms with van der Waals surface area (Å²) in [5.74, 6) is -1.25. The third-order valence-corrected chi connectivity index (χ3v) is 12.4. The van der Waals surface area contributed by atoms with Gasteiger partial charge in [0.25, 0.3) is 0 Å². The van der Waals surface area contributed by atoms with Gasteiger partial charge in [-0.1, -0.05) is 41.9 Å². The number of ether oxygens (including phenoxy) is 2. The summed E-state index contributed by atoms with van der Waals surface area (Å²) in [6.45, 7) is 4.36. The molecule has 286 valence electrons. The lowest BCUT2D eigenvalue weighted by Gasteiger charge is -2.41. The molecule has 1 amide bonds. The molecule has 0 saturated carbocycles. The summed E-state index contributed by atoms with van der Waals surface area (Å²) in [7, 11) is 0. The van der Waals surface area contributed by atoms with Gasteiger partial charge >= 0.3 is 6.01 Å². The molecule has 2 bridgehead atoms. The molecule has 9 rings (SSSR count). The lowest BCUT2D eigenvalue weighted by Crippen LogP contribution is -2.55. The molecule has 7 heterocycles. The Balaban J connectivity index is 1.05. The molecule has 0 aliphatic carbocycles. The fourth-order valence-electron chi connectivity index (χ4n) is 9.37. The number of piperazine rings is 1. The molecule has 4 aromatic rings. The third-order valence-electron chi connectivity index (χ3n) is 12.1. The highest BCUT2D eigenvalue weighted by Crippen LogP contribution is 2.42. The molecule has 0 N–H and O–H groups in total. The Labute approximate surface area is 321 Å². The topological polar surface area (TPSA) is 111 Å². The number of amides is 1. The summed E-state index contributed by atoms with van der Waals surface area (Å²) >= 11 is 6.44. The summed E-state index contributed by atoms with van der Waals surface area (Å²) in [4.78, 5) is 35.5. The highest BCUT2D eigenvalue weighted by Gasteiger charge is 2.49. The first-order chi connectivity index (χ1) is 26.7. The first-order valence-corrected chi connectivity index (χ1v) is 19.3. The number of morpholine rings is 1. The number of rotatable bonds is 9. The Kier molecular flexibility index (Phi) is 9.52. The van der Waals surface area contributed by atoms with E-state index in [9.17, 15) is 18.8 Å². The van der Waals surface area contributed by atoms with E-state index in [0.29, 0.717) is 66.2 Å². The zero-order valence-corrected chi connectivity index (χ0v) is 30.9. The van der Waals surface area contributed by atoms with Crippen LogP contribution in [-0.2, 0) is 9.53 Å². The highest BCUT2D eigenvalue weighted by atomic mass is 35.5. The monoisotopic (exact) mass is 772 g/mol. The number of carbonyl (C=O) groups excluding carboxylic acids is 1. The van der Waals surface area contributed by atoms with Gasteiger partial charge in [0.2, 0.25) is 5.91 Å². The van der Waals surface area contributed by atoms with E-state index >= 15 is 4.39 Å². The van der Waals surface area contributed by atoms with Crippen molar-refractivity contribution in [2.75, 3.05) is 63.9 Å². The number of fused-ring (bicyclic) bond motifs is 5. The van der Waals surface area contributed by atoms with Crippen LogP contribution in [0.1, 0.15) is 32.1 Å². The van der Waals surface area contributed by atoms with E-state index in [1.807, 2.05) is 11.0 Å². The van der Waals surface area contributed by atoms with E-state index in [2.05, 4.69) is 25.8 Å². The van der Waals surface area contributed by atoms with Crippen molar-refractivity contribution in [1.82, 2.24) is 29.7 Å². The molecule has 2 aromatic heterocycles. The molecule has 0 unspecified atom stereocenters. The average Bonchev–Trinajstić information content (AvgIpc) is 3.97. The Bertz CT molecular complexity index is 2240. The molecule has 5 fully saturated rings. The minimum Gasteiger partial charge on any atom is -0.461 e. The fraction of sp³-hybridized carbons (Fsp3) is 0.475. The van der Waals surface area contributed by atoms with Crippen LogP contribution in [0.15, 0.2) is 48.7 Å². The van der Waals surface area contributed by atoms with Gasteiger partial charge in [0, 0.05) is 75.0 Å². The molecule has 55 heavy (non-hydrogen) atoms. The van der Waals surface area contributed by atoms with Crippen LogP contribution in [0.5, 0.6) is 6.01 Å². The van der Waals surface area contributed by atoms with Crippen molar-refractivity contribution in [3.05, 3.63) is 65.3 Å². The largest absolute Gasteiger partial charge is 0.461 e. The molecule has 5 aliphatic heterocycles. The number of likely N-dealkylation sites (tertiary alicyclic amines) is 1. The number of alkyl halides is 1. The summed E-state index contributed by atoms with van der Waals surface area (Å²) in [5, 5.41) is 10.9. The van der Waals surface area contributed by atoms with E-state index < -0.39 is 29.4 Å². The van der Waals surface area contributed by atoms with Crippen LogP contribution in [0.2, 0.25) is 5.02 Å². The predicted molar refractivity (Wildman–Crippen MR) is 201 cm³/mol. The average molecular weight is 773 g/mol. The number of hydrogen-bond acceptors (Lipinski definition) is 10. The number of halogens is 4. The van der Waals surface area contributed by atoms with Gasteiger partial charge in [-0.25, -0.2) is 13.2 Å². The smallest absolute Gasteiger partial charge is 0.319 e. The van der Waals surface area contributed by atoms with Crippen molar-refractivity contribution in [2.24, 2.45) is 0 Å². The number of benzene rings is 2. The molecule has 2 aromatic carbocycles. The van der Waals surface area contributed by atoms with Gasteiger partial charge in [-0.05, 0) is 37.3 Å². The number of nitriles is 1. The zero-order valence-electron chi connectivity index (χ0n) is 30.1. The Hall–Kier alpha value is -4.55. The maximum absolute atomic E-state index is 17.0. The van der Waals surface area contributed by atoms with Gasteiger partial charge in [0.05, 0.1) is 47.2 Å². The van der Waals surface area contributed by atoms with Crippen LogP contribution in [0, 0.1) is 23.0 Å². The van der Waals surface area contributed by atoms with Crippen LogP contribution in [0.3, 0.4) is 0 Å². The quantitative estimate of drug-likeness (QED) is 0.197. The summed E-state index contributed by atoms with van der Waals surface area (Å²) < 4.78 is 58.2. The van der Waals surface area contributed by atoms with Crippen LogP contribution < -0.4 is 9.64 Å². The summed E-state index contributed by atoms with van der Waals surface area (Å²) in [5.41, 5.74) is -0.339. The Morgan fingerprint density at radius 3 is 2.85 bits per heavy atom. The number of nitrogens with zero attached hydrogens (tertiary/aromatic N) is 8. The number of hydrogen-bond donors (Lipinski definition) is 0. The van der Waals surface area contributed by atoms with Crippen LogP contribution in [0.4, 0.5) is 19.0 Å². The van der Waals surface area contributed by atoms with E-state index in [-0.39, 0.29) is 53.8 Å². The molecule has 5 atom stereocenters. The van der Waals surface area contributed by atoms with E-state index in [4.69, 9.17) is 26.1 Å². The van der Waals surface area contributed by atoms with Crippen molar-refractivity contribution in [3.8, 4) is 23.3 Å². The van der Waals surface area contributed by atoms with E-state index in [1.54, 1.807) is 35.2 Å². The lowest BCUT2D eigenvalue weighted by molar-refractivity contribution is -0.128. The fourth-order valence-corrected chi connectivity index (χ4v) is 9.65. The first kappa shape index (κ1) is 36.1. The van der Waals surface area contributed by atoms with Gasteiger partial charge in [0.15, 0.2) is 5.82 Å². The molecular formula is C40H40ClF3N8O3. The van der Waals surface area contributed by atoms with Crippen molar-refractivity contribution < 1.29 is 27.4 Å². The minimum atomic E-state index is -0.962. The molecular weight excluding hydrogens is 733 g/mol. The second-order valence-electron chi connectivity index (χ2n) is 15.3. The Morgan fingerprint density at radius 2 is 2.04 bits per heavy atom. The molecule has 0 radical (unpaired) electrons. The number of pyridine rings is 1. The first-order valence-electron chi connectivity index (χ1n) is 18.9. The van der Waals surface area contributed by atoms with Crippen molar-refractivity contribution in [3.63, 3.8) is 0 Å². The van der Waals surface area contributed by atoms with Gasteiger partial charge in [-0.15, -0.1) is 0 Å². The summed E-state index contributed by atoms with van der Waals surface area (Å²) in [6.07, 6.45) is 7.38. The van der Waals surface area contributed by atoms with Crippen LogP contribution in [0.25, 0.3) is 32.9 Å². The number of aromatic nitrogens is 3. The second kappa shape index (κ2) is 14.5. The highest BCUT2D eigenvalue weighted by molar-refractivity contribution is 6.36. The van der Waals surface area contributed by atoms with Crippen LogP contribution in [-0.4, -0.2) is 124 Å². The van der Waals surface area contributed by atoms with Gasteiger partial charge in [-0.2, -0.15) is 15.2 Å². The molecule has 0 spiro atoms.